The molecule has 0 bridgehead atoms. The van der Waals surface area contributed by atoms with Crippen molar-refractivity contribution in [1.82, 2.24) is 14.9 Å². The van der Waals surface area contributed by atoms with Gasteiger partial charge in [-0.25, -0.2) is 4.98 Å². The summed E-state index contributed by atoms with van der Waals surface area (Å²) in [5.74, 6) is 0.622. The van der Waals surface area contributed by atoms with E-state index >= 15 is 0 Å². The molecule has 102 valence electrons. The van der Waals surface area contributed by atoms with Gasteiger partial charge in [0.1, 0.15) is 11.4 Å². The van der Waals surface area contributed by atoms with Gasteiger partial charge in [0, 0.05) is 7.05 Å². The standard InChI is InChI=1S/C13H14F3N3/c1-19-10-5-3-2-4-9(10)18-11(19)8-17-12(6-7-12)13(14,15)16/h2-5,17H,6-8H2,1H3. The molecule has 3 rings (SSSR count). The van der Waals surface area contributed by atoms with E-state index in [1.54, 1.807) is 0 Å². The number of rotatable bonds is 3. The van der Waals surface area contributed by atoms with Crippen molar-refractivity contribution in [2.24, 2.45) is 7.05 Å². The summed E-state index contributed by atoms with van der Waals surface area (Å²) >= 11 is 0. The largest absolute Gasteiger partial charge is 0.406 e. The van der Waals surface area contributed by atoms with Crippen molar-refractivity contribution in [3.05, 3.63) is 30.1 Å². The predicted octanol–water partition coefficient (Wildman–Crippen LogP) is 2.76. The number of nitrogens with zero attached hydrogens (tertiary/aromatic N) is 2. The minimum absolute atomic E-state index is 0.130. The van der Waals surface area contributed by atoms with Crippen LogP contribution >= 0.6 is 0 Å². The fraction of sp³-hybridized carbons (Fsp3) is 0.462. The number of para-hydroxylation sites is 2. The molecule has 0 saturated heterocycles. The molecule has 2 aromatic rings. The van der Waals surface area contributed by atoms with Crippen LogP contribution in [0.3, 0.4) is 0 Å². The monoisotopic (exact) mass is 269 g/mol. The average molecular weight is 269 g/mol. The first-order valence-electron chi connectivity index (χ1n) is 6.15. The Labute approximate surface area is 108 Å². The van der Waals surface area contributed by atoms with Crippen LogP contribution in [0.5, 0.6) is 0 Å². The highest BCUT2D eigenvalue weighted by molar-refractivity contribution is 5.75. The van der Waals surface area contributed by atoms with E-state index in [0.717, 1.165) is 11.0 Å². The Morgan fingerprint density at radius 3 is 2.58 bits per heavy atom. The molecule has 1 aliphatic rings. The molecule has 1 N–H and O–H groups in total. The summed E-state index contributed by atoms with van der Waals surface area (Å²) in [5, 5.41) is 2.62. The maximum Gasteiger partial charge on any atom is 0.406 e. The molecular formula is C13H14F3N3. The van der Waals surface area contributed by atoms with E-state index in [4.69, 9.17) is 0 Å². The Morgan fingerprint density at radius 1 is 1.32 bits per heavy atom. The highest BCUT2D eigenvalue weighted by atomic mass is 19.4. The van der Waals surface area contributed by atoms with Crippen molar-refractivity contribution in [3.8, 4) is 0 Å². The number of nitrogens with one attached hydrogen (secondary N) is 1. The van der Waals surface area contributed by atoms with Crippen molar-refractivity contribution in [1.29, 1.82) is 0 Å². The van der Waals surface area contributed by atoms with Crippen molar-refractivity contribution >= 4 is 11.0 Å². The van der Waals surface area contributed by atoms with Crippen LogP contribution in [0.4, 0.5) is 13.2 Å². The first-order chi connectivity index (χ1) is 8.93. The molecule has 1 aromatic heterocycles. The molecule has 1 fully saturated rings. The number of hydrogen-bond acceptors (Lipinski definition) is 2. The van der Waals surface area contributed by atoms with Gasteiger partial charge in [-0.15, -0.1) is 0 Å². The van der Waals surface area contributed by atoms with Crippen molar-refractivity contribution in [2.75, 3.05) is 0 Å². The predicted molar refractivity (Wildman–Crippen MR) is 65.6 cm³/mol. The summed E-state index contributed by atoms with van der Waals surface area (Å²) in [6, 6.07) is 7.52. The zero-order chi connectivity index (χ0) is 13.7. The molecule has 1 heterocycles. The molecule has 6 heteroatoms. The third-order valence-corrected chi connectivity index (χ3v) is 3.76. The lowest BCUT2D eigenvalue weighted by Crippen LogP contribution is -2.44. The van der Waals surface area contributed by atoms with Gasteiger partial charge in [0.05, 0.1) is 17.6 Å². The Kier molecular flexibility index (Phi) is 2.60. The molecule has 1 aliphatic carbocycles. The summed E-state index contributed by atoms with van der Waals surface area (Å²) < 4.78 is 40.3. The van der Waals surface area contributed by atoms with Crippen LogP contribution in [0.2, 0.25) is 0 Å². The van der Waals surface area contributed by atoms with E-state index in [9.17, 15) is 13.2 Å². The maximum atomic E-state index is 12.8. The first-order valence-corrected chi connectivity index (χ1v) is 6.15. The Bertz CT molecular complexity index is 611. The van der Waals surface area contributed by atoms with Crippen LogP contribution in [-0.4, -0.2) is 21.3 Å². The van der Waals surface area contributed by atoms with Crippen molar-refractivity contribution in [2.45, 2.75) is 31.1 Å². The zero-order valence-corrected chi connectivity index (χ0v) is 10.5. The van der Waals surface area contributed by atoms with Crippen molar-refractivity contribution < 1.29 is 13.2 Å². The minimum atomic E-state index is -4.18. The number of aryl methyl sites for hydroxylation is 1. The first kappa shape index (κ1) is 12.5. The quantitative estimate of drug-likeness (QED) is 0.928. The molecule has 3 nitrogen and oxygen atoms in total. The second kappa shape index (κ2) is 3.96. The highest BCUT2D eigenvalue weighted by Crippen LogP contribution is 2.49. The minimum Gasteiger partial charge on any atom is -0.330 e. The number of aromatic nitrogens is 2. The van der Waals surface area contributed by atoms with E-state index in [0.29, 0.717) is 5.82 Å². The summed E-state index contributed by atoms with van der Waals surface area (Å²) in [5.41, 5.74) is 0.0420. The molecule has 19 heavy (non-hydrogen) atoms. The van der Waals surface area contributed by atoms with Gasteiger partial charge in [-0.2, -0.15) is 13.2 Å². The third kappa shape index (κ3) is 2.00. The highest BCUT2D eigenvalue weighted by Gasteiger charge is 2.63. The smallest absolute Gasteiger partial charge is 0.330 e. The van der Waals surface area contributed by atoms with E-state index in [1.165, 1.54) is 0 Å². The lowest BCUT2D eigenvalue weighted by atomic mass is 10.2. The van der Waals surface area contributed by atoms with Crippen molar-refractivity contribution in [3.63, 3.8) is 0 Å². The number of alkyl halides is 3. The van der Waals surface area contributed by atoms with Gasteiger partial charge >= 0.3 is 6.18 Å². The summed E-state index contributed by atoms with van der Waals surface area (Å²) in [4.78, 5) is 4.36. The Hall–Kier alpha value is -1.56. The summed E-state index contributed by atoms with van der Waals surface area (Å²) in [7, 11) is 1.82. The van der Waals surface area contributed by atoms with Crippen LogP contribution in [0.25, 0.3) is 11.0 Å². The number of hydrogen-bond donors (Lipinski definition) is 1. The van der Waals surface area contributed by atoms with Gasteiger partial charge in [0.25, 0.3) is 0 Å². The normalized spacial score (nSPS) is 17.9. The van der Waals surface area contributed by atoms with E-state index in [-0.39, 0.29) is 19.4 Å². The molecule has 0 unspecified atom stereocenters. The lowest BCUT2D eigenvalue weighted by Gasteiger charge is -2.20. The van der Waals surface area contributed by atoms with Gasteiger partial charge in [-0.1, -0.05) is 12.1 Å². The molecule has 0 amide bonds. The topological polar surface area (TPSA) is 29.9 Å². The second-order valence-electron chi connectivity index (χ2n) is 5.01. The van der Waals surface area contributed by atoms with Gasteiger partial charge in [-0.3, -0.25) is 5.32 Å². The number of benzene rings is 1. The number of halogens is 3. The van der Waals surface area contributed by atoms with E-state index < -0.39 is 11.7 Å². The maximum absolute atomic E-state index is 12.8. The second-order valence-corrected chi connectivity index (χ2v) is 5.01. The Balaban J connectivity index is 1.81. The van der Waals surface area contributed by atoms with Crippen LogP contribution in [0, 0.1) is 0 Å². The SMILES string of the molecule is Cn1c(CNC2(C(F)(F)F)CC2)nc2ccccc21. The molecule has 0 spiro atoms. The van der Waals surface area contributed by atoms with E-state index in [1.807, 2.05) is 35.9 Å². The third-order valence-electron chi connectivity index (χ3n) is 3.76. The fourth-order valence-electron chi connectivity index (χ4n) is 2.29. The van der Waals surface area contributed by atoms with Crippen LogP contribution in [0.1, 0.15) is 18.7 Å². The molecule has 0 aliphatic heterocycles. The zero-order valence-electron chi connectivity index (χ0n) is 10.5. The molecule has 1 saturated carbocycles. The lowest BCUT2D eigenvalue weighted by molar-refractivity contribution is -0.166. The van der Waals surface area contributed by atoms with Crippen LogP contribution < -0.4 is 5.32 Å². The molecule has 0 atom stereocenters. The number of fused-ring (bicyclic) bond motifs is 1. The van der Waals surface area contributed by atoms with Crippen LogP contribution in [0.15, 0.2) is 24.3 Å². The average Bonchev–Trinajstić information content (AvgIpc) is 3.09. The Morgan fingerprint density at radius 2 is 2.00 bits per heavy atom. The summed E-state index contributed by atoms with van der Waals surface area (Å²) in [6.45, 7) is 0.130. The molecular weight excluding hydrogens is 255 g/mol. The van der Waals surface area contributed by atoms with Gasteiger partial charge in [0.15, 0.2) is 0 Å². The van der Waals surface area contributed by atoms with Gasteiger partial charge in [0.2, 0.25) is 0 Å². The molecule has 0 radical (unpaired) electrons. The van der Waals surface area contributed by atoms with Gasteiger partial charge < -0.3 is 4.57 Å². The fourth-order valence-corrected chi connectivity index (χ4v) is 2.29. The van der Waals surface area contributed by atoms with Crippen LogP contribution in [-0.2, 0) is 13.6 Å². The molecule has 1 aromatic carbocycles. The van der Waals surface area contributed by atoms with Gasteiger partial charge in [-0.05, 0) is 25.0 Å². The van der Waals surface area contributed by atoms with E-state index in [2.05, 4.69) is 10.3 Å². The summed E-state index contributed by atoms with van der Waals surface area (Å²) in [6.07, 6.45) is -3.88. The number of imidazole rings is 1.